The van der Waals surface area contributed by atoms with Crippen molar-refractivity contribution in [1.29, 1.82) is 0 Å². The van der Waals surface area contributed by atoms with Gasteiger partial charge in [-0.1, -0.05) is 48.6 Å². The number of hydrogen-bond acceptors (Lipinski definition) is 6. The maximum atomic E-state index is 5.16. The first-order valence-electron chi connectivity index (χ1n) is 10.9. The lowest BCUT2D eigenvalue weighted by Crippen LogP contribution is -2.44. The van der Waals surface area contributed by atoms with Crippen molar-refractivity contribution in [3.8, 4) is 22.5 Å². The molecule has 32 heavy (non-hydrogen) atoms. The third-order valence-electron chi connectivity index (χ3n) is 6.01. The smallest absolute Gasteiger partial charge is 0.162 e. The predicted molar refractivity (Wildman–Crippen MR) is 128 cm³/mol. The van der Waals surface area contributed by atoms with Gasteiger partial charge in [-0.25, -0.2) is 9.97 Å². The van der Waals surface area contributed by atoms with Gasteiger partial charge in [0, 0.05) is 61.5 Å². The molecule has 3 aromatic heterocycles. The fraction of sp³-hybridized carbons (Fsp3) is 0.154. The third kappa shape index (κ3) is 3.25. The molecule has 6 heteroatoms. The maximum Gasteiger partial charge on any atom is 0.162 e. The molecule has 6 nitrogen and oxygen atoms in total. The van der Waals surface area contributed by atoms with E-state index < -0.39 is 0 Å². The number of allylic oxidation sites excluding steroid dienone is 4. The lowest BCUT2D eigenvalue weighted by molar-refractivity contribution is 0.586. The van der Waals surface area contributed by atoms with E-state index in [1.807, 2.05) is 42.9 Å². The summed E-state index contributed by atoms with van der Waals surface area (Å²) in [6, 6.07) is 12.3. The number of piperazine rings is 1. The van der Waals surface area contributed by atoms with Crippen LogP contribution in [0.5, 0.6) is 0 Å². The van der Waals surface area contributed by atoms with Gasteiger partial charge in [0.15, 0.2) is 5.82 Å². The van der Waals surface area contributed by atoms with E-state index in [4.69, 9.17) is 9.97 Å². The summed E-state index contributed by atoms with van der Waals surface area (Å²) in [6.07, 6.45) is 13.7. The van der Waals surface area contributed by atoms with E-state index in [0.29, 0.717) is 5.82 Å². The highest BCUT2D eigenvalue weighted by atomic mass is 15.2. The summed E-state index contributed by atoms with van der Waals surface area (Å²) in [5, 5.41) is 4.51. The largest absolute Gasteiger partial charge is 0.353 e. The molecule has 1 aromatic carbocycles. The molecule has 0 unspecified atom stereocenters. The molecular formula is C26H22N6. The zero-order valence-corrected chi connectivity index (χ0v) is 17.6. The number of rotatable bonds is 4. The number of nitrogens with one attached hydrogen (secondary N) is 1. The van der Waals surface area contributed by atoms with Gasteiger partial charge >= 0.3 is 0 Å². The van der Waals surface area contributed by atoms with Crippen LogP contribution in [-0.4, -0.2) is 46.1 Å². The molecule has 0 spiro atoms. The van der Waals surface area contributed by atoms with Gasteiger partial charge in [0.05, 0.1) is 17.1 Å². The standard InChI is InChI=1S/C26H22N6/c1-2-5-18(6-3-1)21-15-28-10-9-20(21)25-30-23-17-29-16-22(19-7-4-8-19)24(23)26(31-25)32-13-11-27-12-14-32/h1-10,15-17,27H,11-14H2. The summed E-state index contributed by atoms with van der Waals surface area (Å²) in [5.41, 5.74) is 6.20. The Morgan fingerprint density at radius 2 is 1.62 bits per heavy atom. The number of nitrogens with zero attached hydrogens (tertiary/aromatic N) is 5. The van der Waals surface area contributed by atoms with Gasteiger partial charge in [-0.2, -0.15) is 0 Å². The second-order valence-corrected chi connectivity index (χ2v) is 7.96. The number of aromatic nitrogens is 4. The molecule has 156 valence electrons. The van der Waals surface area contributed by atoms with Crippen molar-refractivity contribution in [3.63, 3.8) is 0 Å². The maximum absolute atomic E-state index is 5.16. The molecule has 1 N–H and O–H groups in total. The van der Waals surface area contributed by atoms with Gasteiger partial charge in [-0.3, -0.25) is 9.97 Å². The Bertz CT molecular complexity index is 1350. The van der Waals surface area contributed by atoms with Crippen molar-refractivity contribution in [3.05, 3.63) is 85.0 Å². The van der Waals surface area contributed by atoms with Crippen molar-refractivity contribution >= 4 is 22.3 Å². The van der Waals surface area contributed by atoms with Gasteiger partial charge in [0.25, 0.3) is 0 Å². The predicted octanol–water partition coefficient (Wildman–Crippen LogP) is 4.12. The summed E-state index contributed by atoms with van der Waals surface area (Å²) >= 11 is 0. The van der Waals surface area contributed by atoms with E-state index in [1.165, 1.54) is 5.57 Å². The van der Waals surface area contributed by atoms with Crippen molar-refractivity contribution in [2.45, 2.75) is 0 Å². The molecule has 0 bridgehead atoms. The second kappa shape index (κ2) is 7.98. The van der Waals surface area contributed by atoms with E-state index in [1.54, 1.807) is 6.20 Å². The first kappa shape index (κ1) is 18.8. The quantitative estimate of drug-likeness (QED) is 0.538. The molecule has 4 aromatic rings. The molecule has 4 heterocycles. The van der Waals surface area contributed by atoms with Crippen molar-refractivity contribution in [1.82, 2.24) is 25.3 Å². The topological polar surface area (TPSA) is 66.8 Å². The summed E-state index contributed by atoms with van der Waals surface area (Å²) in [6.45, 7) is 3.69. The van der Waals surface area contributed by atoms with E-state index in [-0.39, 0.29) is 0 Å². The highest BCUT2D eigenvalue weighted by Crippen LogP contribution is 2.37. The minimum absolute atomic E-state index is 0.698. The molecule has 0 radical (unpaired) electrons. The van der Waals surface area contributed by atoms with E-state index in [9.17, 15) is 0 Å². The molecule has 2 aliphatic rings. The van der Waals surface area contributed by atoms with E-state index in [0.717, 1.165) is 65.2 Å². The summed E-state index contributed by atoms with van der Waals surface area (Å²) < 4.78 is 0. The third-order valence-corrected chi connectivity index (χ3v) is 6.01. The Hall–Kier alpha value is -3.90. The average molecular weight is 419 g/mol. The molecular weight excluding hydrogens is 396 g/mol. The summed E-state index contributed by atoms with van der Waals surface area (Å²) in [7, 11) is 0. The van der Waals surface area contributed by atoms with E-state index >= 15 is 0 Å². The normalized spacial score (nSPS) is 15.5. The zero-order valence-electron chi connectivity index (χ0n) is 17.6. The first-order valence-corrected chi connectivity index (χ1v) is 10.9. The van der Waals surface area contributed by atoms with Crippen LogP contribution in [0.3, 0.4) is 0 Å². The molecule has 0 amide bonds. The van der Waals surface area contributed by atoms with Gasteiger partial charge in [-0.15, -0.1) is 0 Å². The van der Waals surface area contributed by atoms with Crippen molar-refractivity contribution in [2.24, 2.45) is 0 Å². The monoisotopic (exact) mass is 418 g/mol. The Kier molecular flexibility index (Phi) is 4.70. The minimum atomic E-state index is 0.698. The molecule has 6 rings (SSSR count). The van der Waals surface area contributed by atoms with Crippen LogP contribution < -0.4 is 10.2 Å². The molecule has 0 saturated carbocycles. The van der Waals surface area contributed by atoms with Crippen LogP contribution in [0.1, 0.15) is 5.56 Å². The van der Waals surface area contributed by atoms with Crippen LogP contribution in [0.4, 0.5) is 5.82 Å². The molecule has 1 aliphatic heterocycles. The lowest BCUT2D eigenvalue weighted by atomic mass is 9.97. The average Bonchev–Trinajstić information content (AvgIpc) is 2.83. The molecule has 0 atom stereocenters. The van der Waals surface area contributed by atoms with E-state index in [2.05, 4.69) is 50.5 Å². The molecule has 1 fully saturated rings. The number of benzene rings is 1. The van der Waals surface area contributed by atoms with Crippen molar-refractivity contribution in [2.75, 3.05) is 31.1 Å². The van der Waals surface area contributed by atoms with Crippen LogP contribution in [-0.2, 0) is 0 Å². The van der Waals surface area contributed by atoms with Crippen LogP contribution >= 0.6 is 0 Å². The Morgan fingerprint density at radius 3 is 2.41 bits per heavy atom. The summed E-state index contributed by atoms with van der Waals surface area (Å²) in [5.74, 6) is 1.67. The SMILES string of the molecule is C1=CC(c2cncc3nc(-c4ccncc4-c4ccccc4)nc(N4CCNCC4)c23)=C1. The minimum Gasteiger partial charge on any atom is -0.353 e. The molecule has 1 aliphatic carbocycles. The number of hydrogen-bond donors (Lipinski definition) is 1. The van der Waals surface area contributed by atoms with Crippen LogP contribution in [0, 0.1) is 0 Å². The first-order chi connectivity index (χ1) is 15.9. The van der Waals surface area contributed by atoms with Crippen molar-refractivity contribution < 1.29 is 0 Å². The number of fused-ring (bicyclic) bond motifs is 1. The summed E-state index contributed by atoms with van der Waals surface area (Å²) in [4.78, 5) is 21.4. The lowest BCUT2D eigenvalue weighted by Gasteiger charge is -2.30. The Labute approximate surface area is 186 Å². The van der Waals surface area contributed by atoms with Crippen LogP contribution in [0.25, 0.3) is 39.0 Å². The van der Waals surface area contributed by atoms with Crippen LogP contribution in [0.15, 0.2) is 79.4 Å². The van der Waals surface area contributed by atoms with Gasteiger partial charge in [-0.05, 0) is 17.2 Å². The van der Waals surface area contributed by atoms with Crippen LogP contribution in [0.2, 0.25) is 0 Å². The fourth-order valence-electron chi connectivity index (χ4n) is 4.32. The van der Waals surface area contributed by atoms with Gasteiger partial charge in [0.1, 0.15) is 5.82 Å². The highest BCUT2D eigenvalue weighted by Gasteiger charge is 2.22. The Morgan fingerprint density at radius 1 is 0.812 bits per heavy atom. The fourth-order valence-corrected chi connectivity index (χ4v) is 4.32. The molecule has 1 saturated heterocycles. The number of anilines is 1. The Balaban J connectivity index is 1.59. The number of pyridine rings is 2. The van der Waals surface area contributed by atoms with Gasteiger partial charge in [0.2, 0.25) is 0 Å². The van der Waals surface area contributed by atoms with Gasteiger partial charge < -0.3 is 10.2 Å². The highest BCUT2D eigenvalue weighted by molar-refractivity contribution is 6.03. The zero-order chi connectivity index (χ0) is 21.3. The second-order valence-electron chi connectivity index (χ2n) is 7.96.